The van der Waals surface area contributed by atoms with Crippen molar-refractivity contribution in [3.05, 3.63) is 35.9 Å². The Balaban J connectivity index is 2.65. The van der Waals surface area contributed by atoms with Crippen molar-refractivity contribution in [3.8, 4) is 0 Å². The van der Waals surface area contributed by atoms with E-state index < -0.39 is 0 Å². The van der Waals surface area contributed by atoms with Gasteiger partial charge in [-0.1, -0.05) is 19.8 Å². The Morgan fingerprint density at radius 1 is 1.36 bits per heavy atom. The van der Waals surface area contributed by atoms with Crippen LogP contribution in [-0.2, 0) is 0 Å². The lowest BCUT2D eigenvalue weighted by atomic mass is 10.3. The lowest BCUT2D eigenvalue weighted by Gasteiger charge is -1.94. The predicted molar refractivity (Wildman–Crippen MR) is 52.0 cm³/mol. The van der Waals surface area contributed by atoms with Crippen molar-refractivity contribution < 1.29 is 0 Å². The van der Waals surface area contributed by atoms with Crippen molar-refractivity contribution in [3.63, 3.8) is 0 Å². The van der Waals surface area contributed by atoms with Gasteiger partial charge in [0.1, 0.15) is 0 Å². The Morgan fingerprint density at radius 2 is 2.18 bits per heavy atom. The first kappa shape index (κ1) is 8.42. The molecule has 0 radical (unpaired) electrons. The van der Waals surface area contributed by atoms with E-state index in [1.165, 1.54) is 0 Å². The van der Waals surface area contributed by atoms with Crippen LogP contribution in [0.1, 0.15) is 5.69 Å². The molecular formula is C9H12NP. The third kappa shape index (κ3) is 3.29. The maximum Gasteiger partial charge on any atom is 0.0630 e. The summed E-state index contributed by atoms with van der Waals surface area (Å²) >= 11 is 0. The minimum atomic E-state index is 0.0553. The highest BCUT2D eigenvalue weighted by Crippen LogP contribution is 2.26. The summed E-state index contributed by atoms with van der Waals surface area (Å²) in [5.41, 5.74) is 1.05. The van der Waals surface area contributed by atoms with Gasteiger partial charge in [0.15, 0.2) is 0 Å². The molecule has 2 heteroatoms. The van der Waals surface area contributed by atoms with E-state index in [9.17, 15) is 0 Å². The quantitative estimate of drug-likeness (QED) is 0.614. The number of hydrogen-bond donors (Lipinski definition) is 0. The average Bonchev–Trinajstić information content (AvgIpc) is 2.03. The summed E-state index contributed by atoms with van der Waals surface area (Å²) in [4.78, 5) is 4.17. The zero-order chi connectivity index (χ0) is 8.10. The van der Waals surface area contributed by atoms with Crippen LogP contribution < -0.4 is 0 Å². The first-order valence-electron chi connectivity index (χ1n) is 3.55. The molecule has 1 rings (SSSR count). The minimum absolute atomic E-state index is 0.0553. The predicted octanol–water partition coefficient (Wildman–Crippen LogP) is 2.79. The standard InChI is InChI=1S/C9H12NP/c1-11(2)8-6-9-5-3-4-7-10-9/h3-8H,1-2H3. The number of pyridine rings is 1. The summed E-state index contributed by atoms with van der Waals surface area (Å²) in [5.74, 6) is 2.21. The van der Waals surface area contributed by atoms with Gasteiger partial charge in [0.05, 0.1) is 5.69 Å². The maximum atomic E-state index is 4.17. The SMILES string of the molecule is CP(C)C=Cc1ccccn1. The number of aromatic nitrogens is 1. The van der Waals surface area contributed by atoms with Gasteiger partial charge in [0.25, 0.3) is 0 Å². The molecule has 1 nitrogen and oxygen atoms in total. The van der Waals surface area contributed by atoms with Crippen LogP contribution in [0.15, 0.2) is 30.2 Å². The molecule has 0 aliphatic rings. The van der Waals surface area contributed by atoms with Gasteiger partial charge in [-0.3, -0.25) is 4.98 Å². The molecule has 0 aromatic carbocycles. The molecule has 0 atom stereocenters. The Hall–Kier alpha value is -0.680. The van der Waals surface area contributed by atoms with Gasteiger partial charge >= 0.3 is 0 Å². The molecule has 0 spiro atoms. The van der Waals surface area contributed by atoms with E-state index >= 15 is 0 Å². The summed E-state index contributed by atoms with van der Waals surface area (Å²) in [5, 5.41) is 0. The van der Waals surface area contributed by atoms with Crippen LogP contribution in [0.4, 0.5) is 0 Å². The highest BCUT2D eigenvalue weighted by atomic mass is 31.1. The topological polar surface area (TPSA) is 12.9 Å². The van der Waals surface area contributed by atoms with E-state index in [2.05, 4.69) is 30.2 Å². The van der Waals surface area contributed by atoms with E-state index in [0.29, 0.717) is 0 Å². The zero-order valence-electron chi connectivity index (χ0n) is 6.86. The van der Waals surface area contributed by atoms with Crippen LogP contribution in [0.3, 0.4) is 0 Å². The Kier molecular flexibility index (Phi) is 3.25. The Morgan fingerprint density at radius 3 is 2.73 bits per heavy atom. The fourth-order valence-electron chi connectivity index (χ4n) is 0.700. The number of nitrogens with zero attached hydrogens (tertiary/aromatic N) is 1. The first-order valence-corrected chi connectivity index (χ1v) is 5.85. The fraction of sp³-hybridized carbons (Fsp3) is 0.222. The number of hydrogen-bond acceptors (Lipinski definition) is 1. The maximum absolute atomic E-state index is 4.17. The van der Waals surface area contributed by atoms with Gasteiger partial charge < -0.3 is 0 Å². The smallest absolute Gasteiger partial charge is 0.0630 e. The molecule has 58 valence electrons. The van der Waals surface area contributed by atoms with E-state index in [1.54, 1.807) is 0 Å². The van der Waals surface area contributed by atoms with Crippen molar-refractivity contribution >= 4 is 14.0 Å². The molecule has 0 saturated heterocycles. The van der Waals surface area contributed by atoms with Crippen LogP contribution in [-0.4, -0.2) is 18.3 Å². The molecule has 0 N–H and O–H groups in total. The normalized spacial score (nSPS) is 11.2. The van der Waals surface area contributed by atoms with Crippen LogP contribution in [0, 0.1) is 0 Å². The van der Waals surface area contributed by atoms with Gasteiger partial charge in [-0.25, -0.2) is 0 Å². The molecule has 0 fully saturated rings. The lowest BCUT2D eigenvalue weighted by molar-refractivity contribution is 1.30. The molecule has 0 aliphatic carbocycles. The van der Waals surface area contributed by atoms with Gasteiger partial charge in [-0.15, -0.1) is 0 Å². The van der Waals surface area contributed by atoms with E-state index in [-0.39, 0.29) is 7.92 Å². The second-order valence-corrected chi connectivity index (χ2v) is 4.76. The van der Waals surface area contributed by atoms with Gasteiger partial charge in [-0.2, -0.15) is 0 Å². The van der Waals surface area contributed by atoms with Crippen molar-refractivity contribution in [2.75, 3.05) is 13.3 Å². The Bertz CT molecular complexity index is 229. The van der Waals surface area contributed by atoms with Crippen molar-refractivity contribution in [2.24, 2.45) is 0 Å². The first-order chi connectivity index (χ1) is 5.29. The molecule has 1 aromatic rings. The molecular weight excluding hydrogens is 153 g/mol. The third-order valence-electron chi connectivity index (χ3n) is 1.23. The van der Waals surface area contributed by atoms with Crippen LogP contribution in [0.25, 0.3) is 6.08 Å². The summed E-state index contributed by atoms with van der Waals surface area (Å²) in [6.07, 6.45) is 3.89. The van der Waals surface area contributed by atoms with Gasteiger partial charge in [0, 0.05) is 6.20 Å². The van der Waals surface area contributed by atoms with Crippen LogP contribution in [0.2, 0.25) is 0 Å². The van der Waals surface area contributed by atoms with E-state index in [0.717, 1.165) is 5.69 Å². The summed E-state index contributed by atoms with van der Waals surface area (Å²) < 4.78 is 0. The monoisotopic (exact) mass is 165 g/mol. The molecule has 11 heavy (non-hydrogen) atoms. The van der Waals surface area contributed by atoms with E-state index in [4.69, 9.17) is 0 Å². The largest absolute Gasteiger partial charge is 0.257 e. The van der Waals surface area contributed by atoms with Crippen molar-refractivity contribution in [1.29, 1.82) is 0 Å². The van der Waals surface area contributed by atoms with Crippen LogP contribution >= 0.6 is 7.92 Å². The molecule has 0 amide bonds. The van der Waals surface area contributed by atoms with Gasteiger partial charge in [-0.05, 0) is 31.5 Å². The number of rotatable bonds is 2. The second kappa shape index (κ2) is 4.25. The minimum Gasteiger partial charge on any atom is -0.257 e. The molecule has 0 unspecified atom stereocenters. The summed E-state index contributed by atoms with van der Waals surface area (Å²) in [6, 6.07) is 5.94. The molecule has 0 bridgehead atoms. The molecule has 1 aromatic heterocycles. The summed E-state index contributed by atoms with van der Waals surface area (Å²) in [6.45, 7) is 4.43. The average molecular weight is 165 g/mol. The molecule has 1 heterocycles. The molecule has 0 saturated carbocycles. The lowest BCUT2D eigenvalue weighted by Crippen LogP contribution is -1.75. The van der Waals surface area contributed by atoms with Crippen molar-refractivity contribution in [1.82, 2.24) is 4.98 Å². The zero-order valence-corrected chi connectivity index (χ0v) is 7.75. The van der Waals surface area contributed by atoms with Gasteiger partial charge in [0.2, 0.25) is 0 Å². The second-order valence-electron chi connectivity index (χ2n) is 2.53. The highest BCUT2D eigenvalue weighted by Gasteiger charge is 1.85. The molecule has 0 aliphatic heterocycles. The fourth-order valence-corrected chi connectivity index (χ4v) is 1.15. The third-order valence-corrected chi connectivity index (χ3v) is 1.98. The summed E-state index contributed by atoms with van der Waals surface area (Å²) in [7, 11) is 0.0553. The van der Waals surface area contributed by atoms with Crippen LogP contribution in [0.5, 0.6) is 0 Å². The highest BCUT2D eigenvalue weighted by molar-refractivity contribution is 7.59. The van der Waals surface area contributed by atoms with Crippen molar-refractivity contribution in [2.45, 2.75) is 0 Å². The van der Waals surface area contributed by atoms with E-state index in [1.807, 2.05) is 24.4 Å². The Labute approximate surface area is 68.9 Å².